The Labute approximate surface area is 70.1 Å². The second-order valence-electron chi connectivity index (χ2n) is 1.63. The molecule has 1 aromatic carbocycles. The van der Waals surface area contributed by atoms with E-state index >= 15 is 0 Å². The fourth-order valence-corrected chi connectivity index (χ4v) is 0.602. The van der Waals surface area contributed by atoms with Gasteiger partial charge in [-0.3, -0.25) is 4.79 Å². The summed E-state index contributed by atoms with van der Waals surface area (Å²) in [4.78, 5) is 9.86. The zero-order valence-corrected chi connectivity index (χ0v) is 6.33. The minimum atomic E-state index is 0. The van der Waals surface area contributed by atoms with Crippen LogP contribution in [-0.2, 0) is 21.9 Å². The predicted octanol–water partition coefficient (Wildman–Crippen LogP) is 1.25. The quantitative estimate of drug-likeness (QED) is 0.534. The molecule has 2 nitrogen and oxygen atoms in total. The number of nitrogens with one attached hydrogen (secondary N) is 1. The van der Waals surface area contributed by atoms with E-state index in [-0.39, 0.29) is 17.1 Å². The zero-order chi connectivity index (χ0) is 6.53. The monoisotopic (exact) mass is 177 g/mol. The fraction of sp³-hybridized carbons (Fsp3) is 0. The first-order valence-electron chi connectivity index (χ1n) is 2.69. The molecule has 0 bridgehead atoms. The number of rotatable bonds is 2. The van der Waals surface area contributed by atoms with Crippen LogP contribution in [0.25, 0.3) is 0 Å². The van der Waals surface area contributed by atoms with Gasteiger partial charge in [-0.15, -0.1) is 0 Å². The first-order valence-corrected chi connectivity index (χ1v) is 2.69. The Morgan fingerprint density at radius 3 is 2.30 bits per heavy atom. The molecule has 0 radical (unpaired) electrons. The molecular weight excluding hydrogens is 170 g/mol. The maximum absolute atomic E-state index is 9.86. The van der Waals surface area contributed by atoms with Gasteiger partial charge in [-0.25, -0.2) is 0 Å². The van der Waals surface area contributed by atoms with Crippen molar-refractivity contribution in [1.82, 2.24) is 0 Å². The summed E-state index contributed by atoms with van der Waals surface area (Å²) < 4.78 is 0. The van der Waals surface area contributed by atoms with Crippen molar-refractivity contribution >= 4 is 12.1 Å². The SMILES string of the molecule is O=CNc1ccccc1.[Fe]. The van der Waals surface area contributed by atoms with Gasteiger partial charge < -0.3 is 5.32 Å². The van der Waals surface area contributed by atoms with Crippen molar-refractivity contribution in [3.8, 4) is 0 Å². The van der Waals surface area contributed by atoms with Crippen LogP contribution < -0.4 is 5.32 Å². The van der Waals surface area contributed by atoms with E-state index in [9.17, 15) is 4.79 Å². The Bertz CT molecular complexity index is 188. The molecule has 0 heterocycles. The van der Waals surface area contributed by atoms with Gasteiger partial charge in [0.2, 0.25) is 6.41 Å². The molecule has 1 amide bonds. The minimum absolute atomic E-state index is 0. The summed E-state index contributed by atoms with van der Waals surface area (Å²) in [7, 11) is 0. The number of carbonyl (C=O) groups is 1. The van der Waals surface area contributed by atoms with Crippen LogP contribution in [-0.4, -0.2) is 6.41 Å². The summed E-state index contributed by atoms with van der Waals surface area (Å²) in [6.45, 7) is 0. The molecular formula is C7H7FeNO. The van der Waals surface area contributed by atoms with Gasteiger partial charge in [-0.2, -0.15) is 0 Å². The third-order valence-electron chi connectivity index (χ3n) is 0.999. The molecule has 1 aromatic rings. The molecule has 0 fully saturated rings. The van der Waals surface area contributed by atoms with Crippen LogP contribution in [0.15, 0.2) is 30.3 Å². The molecule has 0 aliphatic rings. The Morgan fingerprint density at radius 1 is 1.20 bits per heavy atom. The fourth-order valence-electron chi connectivity index (χ4n) is 0.602. The van der Waals surface area contributed by atoms with Crippen LogP contribution in [0.5, 0.6) is 0 Å². The van der Waals surface area contributed by atoms with Gasteiger partial charge in [0.25, 0.3) is 0 Å². The molecule has 0 unspecified atom stereocenters. The maximum Gasteiger partial charge on any atom is 0.211 e. The minimum Gasteiger partial charge on any atom is -0.329 e. The van der Waals surface area contributed by atoms with E-state index in [4.69, 9.17) is 0 Å². The van der Waals surface area contributed by atoms with Crippen LogP contribution in [0.4, 0.5) is 5.69 Å². The molecule has 0 saturated carbocycles. The standard InChI is InChI=1S/C7H7NO.Fe/c9-6-8-7-4-2-1-3-5-7;/h1-6H,(H,8,9);. The van der Waals surface area contributed by atoms with E-state index in [0.717, 1.165) is 5.69 Å². The number of amides is 1. The van der Waals surface area contributed by atoms with E-state index in [1.165, 1.54) is 0 Å². The molecule has 10 heavy (non-hydrogen) atoms. The van der Waals surface area contributed by atoms with E-state index in [2.05, 4.69) is 5.32 Å². The van der Waals surface area contributed by atoms with Gasteiger partial charge in [-0.05, 0) is 12.1 Å². The van der Waals surface area contributed by atoms with Crippen LogP contribution in [0.2, 0.25) is 0 Å². The number of anilines is 1. The summed E-state index contributed by atoms with van der Waals surface area (Å²) >= 11 is 0. The molecule has 54 valence electrons. The second kappa shape index (κ2) is 5.03. The van der Waals surface area contributed by atoms with Crippen molar-refractivity contribution in [2.24, 2.45) is 0 Å². The Hall–Kier alpha value is -0.791. The number of carbonyl (C=O) groups excluding carboxylic acids is 1. The van der Waals surface area contributed by atoms with Crippen molar-refractivity contribution in [3.63, 3.8) is 0 Å². The van der Waals surface area contributed by atoms with Gasteiger partial charge in [0.05, 0.1) is 0 Å². The molecule has 1 N–H and O–H groups in total. The van der Waals surface area contributed by atoms with Gasteiger partial charge in [0.1, 0.15) is 0 Å². The van der Waals surface area contributed by atoms with Gasteiger partial charge in [-0.1, -0.05) is 18.2 Å². The van der Waals surface area contributed by atoms with Gasteiger partial charge >= 0.3 is 0 Å². The van der Waals surface area contributed by atoms with E-state index < -0.39 is 0 Å². The molecule has 1 rings (SSSR count). The van der Waals surface area contributed by atoms with Crippen molar-refractivity contribution in [2.75, 3.05) is 5.32 Å². The molecule has 0 spiro atoms. The van der Waals surface area contributed by atoms with E-state index in [1.807, 2.05) is 30.3 Å². The normalized spacial score (nSPS) is 7.60. The molecule has 0 saturated heterocycles. The van der Waals surface area contributed by atoms with Crippen LogP contribution in [0, 0.1) is 0 Å². The van der Waals surface area contributed by atoms with E-state index in [0.29, 0.717) is 6.41 Å². The average Bonchev–Trinajstić information content (AvgIpc) is 1.91. The maximum atomic E-state index is 9.86. The topological polar surface area (TPSA) is 29.1 Å². The number of para-hydroxylation sites is 1. The van der Waals surface area contributed by atoms with Crippen LogP contribution >= 0.6 is 0 Å². The van der Waals surface area contributed by atoms with Crippen LogP contribution in [0.3, 0.4) is 0 Å². The summed E-state index contributed by atoms with van der Waals surface area (Å²) in [6.07, 6.45) is 0.662. The number of hydrogen-bond donors (Lipinski definition) is 1. The summed E-state index contributed by atoms with van der Waals surface area (Å²) in [5, 5.41) is 2.53. The number of hydrogen-bond acceptors (Lipinski definition) is 1. The second-order valence-corrected chi connectivity index (χ2v) is 1.63. The molecule has 0 aromatic heterocycles. The summed E-state index contributed by atoms with van der Waals surface area (Å²) in [5.41, 5.74) is 0.826. The third-order valence-corrected chi connectivity index (χ3v) is 0.999. The Balaban J connectivity index is 0.000000810. The molecule has 0 aliphatic heterocycles. The smallest absolute Gasteiger partial charge is 0.211 e. The van der Waals surface area contributed by atoms with Crippen molar-refractivity contribution in [1.29, 1.82) is 0 Å². The first kappa shape index (κ1) is 9.21. The predicted molar refractivity (Wildman–Crippen MR) is 36.1 cm³/mol. The summed E-state index contributed by atoms with van der Waals surface area (Å²) in [6, 6.07) is 9.29. The molecule has 0 atom stereocenters. The van der Waals surface area contributed by atoms with Crippen LogP contribution in [0.1, 0.15) is 0 Å². The Morgan fingerprint density at radius 2 is 1.80 bits per heavy atom. The number of benzene rings is 1. The molecule has 0 aliphatic carbocycles. The third kappa shape index (κ3) is 2.67. The first-order chi connectivity index (χ1) is 4.43. The van der Waals surface area contributed by atoms with Crippen molar-refractivity contribution in [3.05, 3.63) is 30.3 Å². The molecule has 3 heteroatoms. The largest absolute Gasteiger partial charge is 0.329 e. The van der Waals surface area contributed by atoms with Crippen molar-refractivity contribution in [2.45, 2.75) is 0 Å². The van der Waals surface area contributed by atoms with Gasteiger partial charge in [0, 0.05) is 22.8 Å². The summed E-state index contributed by atoms with van der Waals surface area (Å²) in [5.74, 6) is 0. The zero-order valence-electron chi connectivity index (χ0n) is 5.23. The van der Waals surface area contributed by atoms with Gasteiger partial charge in [0.15, 0.2) is 0 Å². The average molecular weight is 177 g/mol. The van der Waals surface area contributed by atoms with E-state index in [1.54, 1.807) is 0 Å². The Kier molecular flexibility index (Phi) is 4.63. The van der Waals surface area contributed by atoms with Crippen molar-refractivity contribution < 1.29 is 21.9 Å².